The molecule has 3 N–H and O–H groups in total. The van der Waals surface area contributed by atoms with E-state index in [4.69, 9.17) is 0 Å². The highest BCUT2D eigenvalue weighted by Crippen LogP contribution is 2.28. The Bertz CT molecular complexity index is 1600. The minimum absolute atomic E-state index is 0.226. The summed E-state index contributed by atoms with van der Waals surface area (Å²) in [6.07, 6.45) is 5.14. The van der Waals surface area contributed by atoms with E-state index in [1.54, 1.807) is 30.7 Å². The van der Waals surface area contributed by atoms with Crippen molar-refractivity contribution >= 4 is 51.1 Å². The van der Waals surface area contributed by atoms with Gasteiger partial charge in [0.15, 0.2) is 0 Å². The van der Waals surface area contributed by atoms with Crippen molar-refractivity contribution in [2.75, 3.05) is 34.9 Å². The number of aromatic nitrogens is 3. The molecular weight excluding hydrogens is 486 g/mol. The monoisotopic (exact) mass is 517 g/mol. The maximum absolute atomic E-state index is 12.8. The Kier molecular flexibility index (Phi) is 7.36. The van der Waals surface area contributed by atoms with Gasteiger partial charge in [-0.1, -0.05) is 13.8 Å². The molecule has 0 unspecified atom stereocenters. The number of amides is 1. The molecule has 3 heterocycles. The SMILES string of the molecule is CC(C)c1cc(Nc2ccc(NC(=O)c3ccc(Nc4ccnc5ccc(N(C)C)cc45)nc3)cc2)ccn1. The van der Waals surface area contributed by atoms with Gasteiger partial charge in [0.25, 0.3) is 5.91 Å². The molecule has 5 aromatic rings. The van der Waals surface area contributed by atoms with Crippen molar-refractivity contribution in [1.82, 2.24) is 15.0 Å². The second-order valence-electron chi connectivity index (χ2n) is 9.79. The Morgan fingerprint density at radius 2 is 1.54 bits per heavy atom. The van der Waals surface area contributed by atoms with Crippen LogP contribution in [0.2, 0.25) is 0 Å². The molecule has 8 heteroatoms. The first-order chi connectivity index (χ1) is 18.9. The van der Waals surface area contributed by atoms with Crippen LogP contribution in [0.25, 0.3) is 10.9 Å². The second-order valence-corrected chi connectivity index (χ2v) is 9.79. The standard InChI is InChI=1S/C31H31N7O/c1-20(2)29-17-24(13-15-33-29)35-22-6-8-23(9-7-22)36-31(39)21-5-12-30(34-19-21)37-28-14-16-32-27-11-10-25(38(3)4)18-26(27)28/h5-20H,1-4H3,(H,33,35)(H,36,39)(H,32,34,37). The molecule has 39 heavy (non-hydrogen) atoms. The van der Waals surface area contributed by atoms with E-state index in [2.05, 4.69) is 55.7 Å². The van der Waals surface area contributed by atoms with Gasteiger partial charge in [-0.15, -0.1) is 0 Å². The molecule has 0 spiro atoms. The van der Waals surface area contributed by atoms with Gasteiger partial charge in [-0.2, -0.15) is 0 Å². The number of nitrogens with one attached hydrogen (secondary N) is 3. The van der Waals surface area contributed by atoms with Crippen LogP contribution in [0, 0.1) is 0 Å². The largest absolute Gasteiger partial charge is 0.378 e. The van der Waals surface area contributed by atoms with Crippen molar-refractivity contribution < 1.29 is 4.79 Å². The van der Waals surface area contributed by atoms with Crippen LogP contribution < -0.4 is 20.9 Å². The summed E-state index contributed by atoms with van der Waals surface area (Å²) >= 11 is 0. The highest BCUT2D eigenvalue weighted by molar-refractivity contribution is 6.04. The summed E-state index contributed by atoms with van der Waals surface area (Å²) in [5.41, 5.74) is 6.97. The fraction of sp³-hybridized carbons (Fsp3) is 0.161. The highest BCUT2D eigenvalue weighted by Gasteiger charge is 2.10. The molecule has 2 aromatic carbocycles. The first-order valence-corrected chi connectivity index (χ1v) is 12.8. The van der Waals surface area contributed by atoms with Crippen molar-refractivity contribution in [2.24, 2.45) is 0 Å². The lowest BCUT2D eigenvalue weighted by Gasteiger charge is -2.15. The molecule has 5 rings (SSSR count). The summed E-state index contributed by atoms with van der Waals surface area (Å²) in [6.45, 7) is 4.24. The zero-order valence-electron chi connectivity index (χ0n) is 22.4. The number of rotatable bonds is 8. The third-order valence-corrected chi connectivity index (χ3v) is 6.33. The van der Waals surface area contributed by atoms with Gasteiger partial charge in [0.1, 0.15) is 5.82 Å². The van der Waals surface area contributed by atoms with Crippen molar-refractivity contribution in [3.05, 3.63) is 103 Å². The summed E-state index contributed by atoms with van der Waals surface area (Å²) in [5.74, 6) is 0.771. The summed E-state index contributed by atoms with van der Waals surface area (Å²) in [5, 5.41) is 10.7. The van der Waals surface area contributed by atoms with Gasteiger partial charge in [0.2, 0.25) is 0 Å². The van der Waals surface area contributed by atoms with Crippen molar-refractivity contribution in [3.63, 3.8) is 0 Å². The molecule has 0 radical (unpaired) electrons. The van der Waals surface area contributed by atoms with E-state index in [-0.39, 0.29) is 5.91 Å². The molecule has 0 bridgehead atoms. The molecule has 3 aromatic heterocycles. The average Bonchev–Trinajstić information content (AvgIpc) is 2.94. The van der Waals surface area contributed by atoms with E-state index >= 15 is 0 Å². The Morgan fingerprint density at radius 1 is 0.769 bits per heavy atom. The van der Waals surface area contributed by atoms with Crippen LogP contribution in [0.1, 0.15) is 35.8 Å². The fourth-order valence-corrected chi connectivity index (χ4v) is 4.11. The molecule has 0 fully saturated rings. The van der Waals surface area contributed by atoms with E-state index in [1.165, 1.54) is 0 Å². The Labute approximate surface area is 228 Å². The van der Waals surface area contributed by atoms with Crippen LogP contribution in [0.5, 0.6) is 0 Å². The lowest BCUT2D eigenvalue weighted by atomic mass is 10.1. The topological polar surface area (TPSA) is 95.1 Å². The number of fused-ring (bicyclic) bond motifs is 1. The van der Waals surface area contributed by atoms with Crippen molar-refractivity contribution in [1.29, 1.82) is 0 Å². The number of benzene rings is 2. The normalized spacial score (nSPS) is 10.9. The van der Waals surface area contributed by atoms with Gasteiger partial charge < -0.3 is 20.9 Å². The molecule has 8 nitrogen and oxygen atoms in total. The third kappa shape index (κ3) is 6.13. The molecule has 0 atom stereocenters. The minimum atomic E-state index is -0.226. The lowest BCUT2D eigenvalue weighted by molar-refractivity contribution is 0.102. The second kappa shape index (κ2) is 11.2. The predicted octanol–water partition coefficient (Wildman–Crippen LogP) is 6.95. The average molecular weight is 518 g/mol. The number of hydrogen-bond acceptors (Lipinski definition) is 7. The van der Waals surface area contributed by atoms with E-state index in [9.17, 15) is 4.79 Å². The van der Waals surface area contributed by atoms with E-state index < -0.39 is 0 Å². The predicted molar refractivity (Wildman–Crippen MR) is 160 cm³/mol. The fourth-order valence-electron chi connectivity index (χ4n) is 4.11. The van der Waals surface area contributed by atoms with Gasteiger partial charge in [-0.25, -0.2) is 4.98 Å². The number of carbonyl (C=O) groups is 1. The first-order valence-electron chi connectivity index (χ1n) is 12.8. The Hall–Kier alpha value is -4.98. The highest BCUT2D eigenvalue weighted by atomic mass is 16.1. The molecule has 0 aliphatic carbocycles. The maximum Gasteiger partial charge on any atom is 0.257 e. The van der Waals surface area contributed by atoms with Crippen molar-refractivity contribution in [3.8, 4) is 0 Å². The summed E-state index contributed by atoms with van der Waals surface area (Å²) < 4.78 is 0. The number of pyridine rings is 3. The summed E-state index contributed by atoms with van der Waals surface area (Å²) in [4.78, 5) is 28.2. The smallest absolute Gasteiger partial charge is 0.257 e. The molecule has 196 valence electrons. The van der Waals surface area contributed by atoms with E-state index in [1.807, 2.05) is 68.7 Å². The van der Waals surface area contributed by atoms with Crippen LogP contribution >= 0.6 is 0 Å². The van der Waals surface area contributed by atoms with Gasteiger partial charge in [0.05, 0.1) is 16.8 Å². The number of hydrogen-bond donors (Lipinski definition) is 3. The number of nitrogens with zero attached hydrogens (tertiary/aromatic N) is 4. The zero-order chi connectivity index (χ0) is 27.4. The molecule has 0 aliphatic heterocycles. The van der Waals surface area contributed by atoms with Crippen LogP contribution in [-0.4, -0.2) is 35.0 Å². The van der Waals surface area contributed by atoms with Gasteiger partial charge in [-0.3, -0.25) is 14.8 Å². The van der Waals surface area contributed by atoms with E-state index in [0.29, 0.717) is 23.0 Å². The van der Waals surface area contributed by atoms with Gasteiger partial charge in [-0.05, 0) is 78.7 Å². The third-order valence-electron chi connectivity index (χ3n) is 6.33. The first kappa shape index (κ1) is 25.7. The number of carbonyl (C=O) groups excluding carboxylic acids is 1. The van der Waals surface area contributed by atoms with E-state index in [0.717, 1.165) is 39.3 Å². The summed E-state index contributed by atoms with van der Waals surface area (Å²) in [6, 6.07) is 23.2. The van der Waals surface area contributed by atoms with Gasteiger partial charge in [0, 0.05) is 66.5 Å². The molecule has 0 aliphatic rings. The Balaban J connectivity index is 1.23. The molecule has 1 amide bonds. The van der Waals surface area contributed by atoms with Crippen LogP contribution in [-0.2, 0) is 0 Å². The summed E-state index contributed by atoms with van der Waals surface area (Å²) in [7, 11) is 4.01. The minimum Gasteiger partial charge on any atom is -0.378 e. The van der Waals surface area contributed by atoms with Crippen LogP contribution in [0.15, 0.2) is 91.4 Å². The maximum atomic E-state index is 12.8. The van der Waals surface area contributed by atoms with Crippen LogP contribution in [0.4, 0.5) is 34.3 Å². The van der Waals surface area contributed by atoms with Gasteiger partial charge >= 0.3 is 0 Å². The Morgan fingerprint density at radius 3 is 2.26 bits per heavy atom. The zero-order valence-corrected chi connectivity index (χ0v) is 22.4. The van der Waals surface area contributed by atoms with Crippen molar-refractivity contribution in [2.45, 2.75) is 19.8 Å². The quantitative estimate of drug-likeness (QED) is 0.205. The van der Waals surface area contributed by atoms with Crippen LogP contribution in [0.3, 0.4) is 0 Å². The molecular formula is C31H31N7O. The molecule has 0 saturated carbocycles. The number of anilines is 6. The lowest BCUT2D eigenvalue weighted by Crippen LogP contribution is -2.12. The molecule has 0 saturated heterocycles.